The van der Waals surface area contributed by atoms with Crippen molar-refractivity contribution >= 4 is 5.91 Å². The van der Waals surface area contributed by atoms with Crippen LogP contribution in [-0.4, -0.2) is 56.2 Å². The molecule has 0 bridgehead atoms. The average Bonchev–Trinajstić information content (AvgIpc) is 3.33. The van der Waals surface area contributed by atoms with Crippen molar-refractivity contribution in [3.8, 4) is 0 Å². The van der Waals surface area contributed by atoms with Gasteiger partial charge in [-0.3, -0.25) is 9.69 Å². The van der Waals surface area contributed by atoms with Crippen LogP contribution in [0.25, 0.3) is 0 Å². The lowest BCUT2D eigenvalue weighted by atomic mass is 9.71. The lowest BCUT2D eigenvalue weighted by molar-refractivity contribution is -0.126. The summed E-state index contributed by atoms with van der Waals surface area (Å²) < 4.78 is 1.83. The fourth-order valence-corrected chi connectivity index (χ4v) is 6.13. The number of carbonyl (C=O) groups is 1. The van der Waals surface area contributed by atoms with Crippen LogP contribution in [0.3, 0.4) is 0 Å². The summed E-state index contributed by atoms with van der Waals surface area (Å²) in [5.41, 5.74) is 3.44. The second-order valence-electron chi connectivity index (χ2n) is 10.6. The van der Waals surface area contributed by atoms with E-state index in [1.54, 1.807) is 17.5 Å². The molecule has 1 saturated carbocycles. The maximum Gasteiger partial charge on any atom is 0.237 e. The molecule has 1 aliphatic heterocycles. The molecule has 2 heterocycles. The van der Waals surface area contributed by atoms with E-state index >= 15 is 0 Å². The predicted octanol–water partition coefficient (Wildman–Crippen LogP) is 4.04. The van der Waals surface area contributed by atoms with Gasteiger partial charge in [-0.15, -0.1) is 5.10 Å². The van der Waals surface area contributed by atoms with Crippen LogP contribution in [0.1, 0.15) is 97.4 Å². The zero-order valence-corrected chi connectivity index (χ0v) is 19.6. The molecule has 7 heteroatoms. The highest BCUT2D eigenvalue weighted by atomic mass is 16.2. The van der Waals surface area contributed by atoms with E-state index in [2.05, 4.69) is 46.5 Å². The van der Waals surface area contributed by atoms with Crippen LogP contribution in [-0.2, 0) is 4.79 Å². The van der Waals surface area contributed by atoms with E-state index in [0.29, 0.717) is 6.04 Å². The molecule has 1 amide bonds. The van der Waals surface area contributed by atoms with Gasteiger partial charge in [0.15, 0.2) is 0 Å². The number of likely N-dealkylation sites (tertiary alicyclic amines) is 1. The number of hydrogen-bond donors (Lipinski definition) is 1. The number of allylic oxidation sites excluding steroid dienone is 1. The number of nitrogens with one attached hydrogen (secondary N) is 1. The second-order valence-corrected chi connectivity index (χ2v) is 10.6. The maximum absolute atomic E-state index is 13.4. The Morgan fingerprint density at radius 2 is 1.97 bits per heavy atom. The standard InChI is InChI=1S/C24H40N6O/c1-18-9-8-13-24(2,3)21(18)12-14-29-16-20(30-17-25-27-28-30)15-22(29)23(31)26-19-10-6-4-5-7-11-19/h17,19-20,22H,4-16H2,1-3H3,(H,26,31)/t20-,22-/m0/s1. The normalized spacial score (nSPS) is 28.0. The Kier molecular flexibility index (Phi) is 7.09. The highest BCUT2D eigenvalue weighted by Crippen LogP contribution is 2.42. The zero-order valence-electron chi connectivity index (χ0n) is 19.6. The number of tetrazole rings is 1. The van der Waals surface area contributed by atoms with E-state index in [1.165, 1.54) is 44.9 Å². The van der Waals surface area contributed by atoms with E-state index in [0.717, 1.165) is 38.8 Å². The molecule has 2 atom stereocenters. The summed E-state index contributed by atoms with van der Waals surface area (Å²) in [6.45, 7) is 8.84. The lowest BCUT2D eigenvalue weighted by Crippen LogP contribution is -2.47. The minimum atomic E-state index is -0.0925. The van der Waals surface area contributed by atoms with Crippen LogP contribution < -0.4 is 5.32 Å². The van der Waals surface area contributed by atoms with Crippen LogP contribution in [0, 0.1) is 5.41 Å². The minimum absolute atomic E-state index is 0.0925. The van der Waals surface area contributed by atoms with Gasteiger partial charge in [-0.25, -0.2) is 4.68 Å². The molecule has 1 saturated heterocycles. The quantitative estimate of drug-likeness (QED) is 0.546. The van der Waals surface area contributed by atoms with Crippen molar-refractivity contribution in [2.45, 2.75) is 110 Å². The Morgan fingerprint density at radius 3 is 2.65 bits per heavy atom. The average molecular weight is 429 g/mol. The topological polar surface area (TPSA) is 75.9 Å². The molecular weight excluding hydrogens is 388 g/mol. The molecule has 1 aromatic rings. The molecule has 0 radical (unpaired) electrons. The largest absolute Gasteiger partial charge is 0.352 e. The molecule has 7 nitrogen and oxygen atoms in total. The van der Waals surface area contributed by atoms with Crippen LogP contribution in [0.5, 0.6) is 0 Å². The third kappa shape index (κ3) is 5.36. The Hall–Kier alpha value is -1.76. The summed E-state index contributed by atoms with van der Waals surface area (Å²) >= 11 is 0. The van der Waals surface area contributed by atoms with Gasteiger partial charge in [0.2, 0.25) is 5.91 Å². The number of carbonyl (C=O) groups excluding carboxylic acids is 1. The molecule has 2 aliphatic carbocycles. The number of rotatable bonds is 6. The Bertz CT molecular complexity index is 763. The van der Waals surface area contributed by atoms with Gasteiger partial charge in [0.25, 0.3) is 0 Å². The van der Waals surface area contributed by atoms with Gasteiger partial charge in [0.05, 0.1) is 12.1 Å². The Balaban J connectivity index is 1.45. The number of nitrogens with zero attached hydrogens (tertiary/aromatic N) is 5. The van der Waals surface area contributed by atoms with Crippen molar-refractivity contribution < 1.29 is 4.79 Å². The summed E-state index contributed by atoms with van der Waals surface area (Å²) in [6, 6.07) is 0.408. The molecule has 4 rings (SSSR count). The molecule has 0 spiro atoms. The van der Waals surface area contributed by atoms with Gasteiger partial charge in [0, 0.05) is 19.1 Å². The third-order valence-electron chi connectivity index (χ3n) is 7.96. The second kappa shape index (κ2) is 9.80. The van der Waals surface area contributed by atoms with Crippen molar-refractivity contribution in [3.05, 3.63) is 17.5 Å². The highest BCUT2D eigenvalue weighted by molar-refractivity contribution is 5.82. The summed E-state index contributed by atoms with van der Waals surface area (Å²) in [4.78, 5) is 15.8. The SMILES string of the molecule is CC1=C(CCN2C[C@@H](n3cnnn3)C[C@H]2C(=O)NC2CCCCCC2)C(C)(C)CCC1. The summed E-state index contributed by atoms with van der Waals surface area (Å²) in [5, 5.41) is 15.2. The monoisotopic (exact) mass is 428 g/mol. The minimum Gasteiger partial charge on any atom is -0.352 e. The first-order chi connectivity index (χ1) is 14.9. The van der Waals surface area contributed by atoms with Gasteiger partial charge < -0.3 is 5.32 Å². The Labute approximate surface area is 187 Å². The molecule has 0 unspecified atom stereocenters. The van der Waals surface area contributed by atoms with Crippen LogP contribution in [0.2, 0.25) is 0 Å². The first-order valence-corrected chi connectivity index (χ1v) is 12.4. The highest BCUT2D eigenvalue weighted by Gasteiger charge is 2.39. The smallest absolute Gasteiger partial charge is 0.237 e. The van der Waals surface area contributed by atoms with E-state index in [-0.39, 0.29) is 23.4 Å². The van der Waals surface area contributed by atoms with Gasteiger partial charge in [-0.05, 0) is 67.7 Å². The maximum atomic E-state index is 13.4. The lowest BCUT2D eigenvalue weighted by Gasteiger charge is -2.36. The number of hydrogen-bond acceptors (Lipinski definition) is 5. The first kappa shape index (κ1) is 22.4. The third-order valence-corrected chi connectivity index (χ3v) is 7.96. The van der Waals surface area contributed by atoms with Crippen molar-refractivity contribution in [3.63, 3.8) is 0 Å². The molecular formula is C24H40N6O. The molecule has 31 heavy (non-hydrogen) atoms. The number of amides is 1. The fraction of sp³-hybridized carbons (Fsp3) is 0.833. The van der Waals surface area contributed by atoms with Gasteiger partial charge in [-0.2, -0.15) is 0 Å². The van der Waals surface area contributed by atoms with Crippen LogP contribution in [0.4, 0.5) is 0 Å². The van der Waals surface area contributed by atoms with Gasteiger partial charge in [0.1, 0.15) is 6.33 Å². The summed E-state index contributed by atoms with van der Waals surface area (Å²) in [6.07, 6.45) is 14.6. The fourth-order valence-electron chi connectivity index (χ4n) is 6.13. The first-order valence-electron chi connectivity index (χ1n) is 12.4. The zero-order chi connectivity index (χ0) is 21.8. The van der Waals surface area contributed by atoms with E-state index in [4.69, 9.17) is 0 Å². The van der Waals surface area contributed by atoms with Crippen molar-refractivity contribution in [2.75, 3.05) is 13.1 Å². The molecule has 3 aliphatic rings. The van der Waals surface area contributed by atoms with E-state index in [1.807, 2.05) is 4.68 Å². The predicted molar refractivity (Wildman–Crippen MR) is 121 cm³/mol. The molecule has 1 aromatic heterocycles. The van der Waals surface area contributed by atoms with E-state index < -0.39 is 0 Å². The van der Waals surface area contributed by atoms with Crippen LogP contribution >= 0.6 is 0 Å². The van der Waals surface area contributed by atoms with E-state index in [9.17, 15) is 4.79 Å². The van der Waals surface area contributed by atoms with Gasteiger partial charge >= 0.3 is 0 Å². The summed E-state index contributed by atoms with van der Waals surface area (Å²) in [7, 11) is 0. The molecule has 1 N–H and O–H groups in total. The molecule has 0 aromatic carbocycles. The number of aromatic nitrogens is 4. The van der Waals surface area contributed by atoms with Crippen molar-refractivity contribution in [2.24, 2.45) is 5.41 Å². The van der Waals surface area contributed by atoms with Crippen LogP contribution in [0.15, 0.2) is 17.5 Å². The van der Waals surface area contributed by atoms with Crippen molar-refractivity contribution in [1.29, 1.82) is 0 Å². The molecule has 172 valence electrons. The summed E-state index contributed by atoms with van der Waals surface area (Å²) in [5.74, 6) is 0.205. The van der Waals surface area contributed by atoms with Crippen molar-refractivity contribution in [1.82, 2.24) is 30.4 Å². The van der Waals surface area contributed by atoms with Gasteiger partial charge in [-0.1, -0.05) is 50.7 Å². The molecule has 2 fully saturated rings. The Morgan fingerprint density at radius 1 is 1.19 bits per heavy atom.